The highest BCUT2D eigenvalue weighted by molar-refractivity contribution is 6.43. The number of hydrogen-bond donors (Lipinski definition) is 0. The van der Waals surface area contributed by atoms with E-state index in [4.69, 9.17) is 44.3 Å². The van der Waals surface area contributed by atoms with Crippen molar-refractivity contribution in [2.24, 2.45) is 0 Å². The van der Waals surface area contributed by atoms with Crippen LogP contribution < -0.4 is 4.74 Å². The summed E-state index contributed by atoms with van der Waals surface area (Å²) in [6.45, 7) is 3.15. The van der Waals surface area contributed by atoms with E-state index in [9.17, 15) is 0 Å². The average molecular weight is 268 g/mol. The third-order valence-electron chi connectivity index (χ3n) is 2.14. The Morgan fingerprint density at radius 1 is 1.27 bits per heavy atom. The summed E-state index contributed by atoms with van der Waals surface area (Å²) in [4.78, 5) is 0. The topological polar surface area (TPSA) is 21.8 Å². The molecule has 2 rings (SSSR count). The molecule has 0 aromatic heterocycles. The lowest BCUT2D eigenvalue weighted by atomic mass is 10.2. The van der Waals surface area contributed by atoms with Crippen molar-refractivity contribution >= 4 is 34.8 Å². The van der Waals surface area contributed by atoms with Gasteiger partial charge in [0.1, 0.15) is 18.0 Å². The molecule has 0 amide bonds. The van der Waals surface area contributed by atoms with Crippen molar-refractivity contribution < 1.29 is 9.47 Å². The van der Waals surface area contributed by atoms with Crippen molar-refractivity contribution in [3.63, 3.8) is 0 Å². The minimum atomic E-state index is -0.171. The lowest BCUT2D eigenvalue weighted by Gasteiger charge is -2.11. The minimum absolute atomic E-state index is 0.171. The van der Waals surface area contributed by atoms with Crippen molar-refractivity contribution in [3.05, 3.63) is 27.2 Å². The molecule has 1 atom stereocenters. The molecule has 15 heavy (non-hydrogen) atoms. The largest absolute Gasteiger partial charge is 0.489 e. The Balaban J connectivity index is 2.10. The van der Waals surface area contributed by atoms with Crippen LogP contribution >= 0.6 is 34.8 Å². The number of ether oxygens (including phenoxy) is 2. The van der Waals surface area contributed by atoms with Gasteiger partial charge in [0.15, 0.2) is 0 Å². The normalized spacial score (nSPS) is 24.0. The molecule has 1 aromatic rings. The molecule has 2 nitrogen and oxygen atoms in total. The first kappa shape index (κ1) is 11.3. The monoisotopic (exact) mass is 266 g/mol. The number of benzene rings is 1. The van der Waals surface area contributed by atoms with E-state index >= 15 is 0 Å². The van der Waals surface area contributed by atoms with Crippen molar-refractivity contribution in [2.75, 3.05) is 13.2 Å². The van der Waals surface area contributed by atoms with E-state index in [1.54, 1.807) is 12.1 Å². The van der Waals surface area contributed by atoms with Gasteiger partial charge in [-0.15, -0.1) is 0 Å². The summed E-state index contributed by atoms with van der Waals surface area (Å²) >= 11 is 17.6. The predicted octanol–water partition coefficient (Wildman–Crippen LogP) is 3.81. The lowest BCUT2D eigenvalue weighted by molar-refractivity contribution is 0.202. The smallest absolute Gasteiger partial charge is 0.139 e. The molecule has 1 heterocycles. The molecule has 1 aromatic carbocycles. The standard InChI is InChI=1S/C10H9Cl3O2/c1-10(5-15-10)4-14-9-3-7(12)6(11)2-8(9)13/h2-3H,4-5H2,1H3. The van der Waals surface area contributed by atoms with Gasteiger partial charge < -0.3 is 9.47 Å². The average Bonchev–Trinajstić information content (AvgIpc) is 2.89. The predicted molar refractivity (Wildman–Crippen MR) is 61.3 cm³/mol. The van der Waals surface area contributed by atoms with Crippen molar-refractivity contribution in [1.82, 2.24) is 0 Å². The molecule has 1 unspecified atom stereocenters. The van der Waals surface area contributed by atoms with E-state index in [0.29, 0.717) is 34.0 Å². The first-order chi connectivity index (χ1) is 7.00. The highest BCUT2D eigenvalue weighted by Crippen LogP contribution is 2.35. The van der Waals surface area contributed by atoms with Gasteiger partial charge in [-0.1, -0.05) is 34.8 Å². The van der Waals surface area contributed by atoms with E-state index in [1.165, 1.54) is 0 Å². The van der Waals surface area contributed by atoms with E-state index in [-0.39, 0.29) is 5.60 Å². The van der Waals surface area contributed by atoms with Crippen molar-refractivity contribution in [1.29, 1.82) is 0 Å². The Morgan fingerprint density at radius 3 is 2.47 bits per heavy atom. The van der Waals surface area contributed by atoms with E-state index < -0.39 is 0 Å². The zero-order valence-electron chi connectivity index (χ0n) is 8.02. The molecule has 0 N–H and O–H groups in total. The van der Waals surface area contributed by atoms with Crippen molar-refractivity contribution in [3.8, 4) is 5.75 Å². The highest BCUT2D eigenvalue weighted by atomic mass is 35.5. The molecule has 1 aliphatic rings. The molecule has 0 saturated carbocycles. The molecule has 0 aliphatic carbocycles. The van der Waals surface area contributed by atoms with Crippen LogP contribution in [0.1, 0.15) is 6.92 Å². The summed E-state index contributed by atoms with van der Waals surface area (Å²) in [7, 11) is 0. The molecule has 1 fully saturated rings. The number of halogens is 3. The van der Waals surface area contributed by atoms with Crippen LogP contribution in [-0.4, -0.2) is 18.8 Å². The van der Waals surface area contributed by atoms with Crippen LogP contribution in [0.4, 0.5) is 0 Å². The molecule has 0 radical (unpaired) electrons. The number of hydrogen-bond acceptors (Lipinski definition) is 2. The second-order valence-corrected chi connectivity index (χ2v) is 4.95. The summed E-state index contributed by atoms with van der Waals surface area (Å²) in [5, 5.41) is 1.30. The summed E-state index contributed by atoms with van der Waals surface area (Å²) in [6.07, 6.45) is 0. The van der Waals surface area contributed by atoms with Gasteiger partial charge in [0.05, 0.1) is 21.7 Å². The molecule has 1 saturated heterocycles. The van der Waals surface area contributed by atoms with Gasteiger partial charge in [0.2, 0.25) is 0 Å². The SMILES string of the molecule is CC1(COc2cc(Cl)c(Cl)cc2Cl)CO1. The van der Waals surface area contributed by atoms with Crippen LogP contribution in [0.2, 0.25) is 15.1 Å². The Bertz CT molecular complexity index is 388. The van der Waals surface area contributed by atoms with Crippen LogP contribution in [0.3, 0.4) is 0 Å². The third-order valence-corrected chi connectivity index (χ3v) is 3.16. The summed E-state index contributed by atoms with van der Waals surface area (Å²) < 4.78 is 10.7. The molecule has 82 valence electrons. The second-order valence-electron chi connectivity index (χ2n) is 3.72. The Labute approximate surface area is 103 Å². The van der Waals surface area contributed by atoms with E-state index in [2.05, 4.69) is 0 Å². The maximum absolute atomic E-state index is 5.94. The molecular formula is C10H9Cl3O2. The maximum Gasteiger partial charge on any atom is 0.139 e. The zero-order chi connectivity index (χ0) is 11.1. The van der Waals surface area contributed by atoms with Gasteiger partial charge in [-0.3, -0.25) is 0 Å². The van der Waals surface area contributed by atoms with Crippen molar-refractivity contribution in [2.45, 2.75) is 12.5 Å². The summed E-state index contributed by atoms with van der Waals surface area (Å²) in [5.74, 6) is 0.530. The Hall–Kier alpha value is -0.150. The fraction of sp³-hybridized carbons (Fsp3) is 0.400. The van der Waals surface area contributed by atoms with E-state index in [1.807, 2.05) is 6.92 Å². The number of rotatable bonds is 3. The van der Waals surface area contributed by atoms with Crippen LogP contribution in [0.15, 0.2) is 12.1 Å². The summed E-state index contributed by atoms with van der Waals surface area (Å²) in [6, 6.07) is 3.18. The van der Waals surface area contributed by atoms with Gasteiger partial charge in [0.25, 0.3) is 0 Å². The van der Waals surface area contributed by atoms with Crippen LogP contribution in [0.5, 0.6) is 5.75 Å². The maximum atomic E-state index is 5.94. The van der Waals surface area contributed by atoms with Crippen LogP contribution in [-0.2, 0) is 4.74 Å². The molecule has 1 aliphatic heterocycles. The third kappa shape index (κ3) is 2.70. The zero-order valence-corrected chi connectivity index (χ0v) is 10.3. The molecule has 0 spiro atoms. The molecular weight excluding hydrogens is 258 g/mol. The van der Waals surface area contributed by atoms with Crippen LogP contribution in [0, 0.1) is 0 Å². The highest BCUT2D eigenvalue weighted by Gasteiger charge is 2.40. The number of epoxide rings is 1. The first-order valence-corrected chi connectivity index (χ1v) is 5.55. The Kier molecular flexibility index (Phi) is 3.04. The van der Waals surface area contributed by atoms with Crippen LogP contribution in [0.25, 0.3) is 0 Å². The van der Waals surface area contributed by atoms with Gasteiger partial charge in [-0.2, -0.15) is 0 Å². The minimum Gasteiger partial charge on any atom is -0.489 e. The quantitative estimate of drug-likeness (QED) is 0.613. The fourth-order valence-corrected chi connectivity index (χ4v) is 1.64. The van der Waals surface area contributed by atoms with Gasteiger partial charge in [-0.25, -0.2) is 0 Å². The molecule has 0 bridgehead atoms. The first-order valence-electron chi connectivity index (χ1n) is 4.41. The Morgan fingerprint density at radius 2 is 1.87 bits per heavy atom. The lowest BCUT2D eigenvalue weighted by Crippen LogP contribution is -2.17. The van der Waals surface area contributed by atoms with Gasteiger partial charge >= 0.3 is 0 Å². The van der Waals surface area contributed by atoms with E-state index in [0.717, 1.165) is 0 Å². The van der Waals surface area contributed by atoms with Gasteiger partial charge in [-0.05, 0) is 13.0 Å². The molecule has 5 heteroatoms. The summed E-state index contributed by atoms with van der Waals surface area (Å²) in [5.41, 5.74) is -0.171. The van der Waals surface area contributed by atoms with Gasteiger partial charge in [0, 0.05) is 6.07 Å². The fourth-order valence-electron chi connectivity index (χ4n) is 1.05. The second kappa shape index (κ2) is 4.02.